The molecule has 2 aromatic rings. The second-order valence-corrected chi connectivity index (χ2v) is 4.61. The highest BCUT2D eigenvalue weighted by molar-refractivity contribution is 5.23. The zero-order valence-corrected chi connectivity index (χ0v) is 11.0. The standard InChI is InChI=1S/C17H21N/c1-2-13-18-17(16-11-7-4-8-12-16)14-15-9-5-3-6-10-15/h3-12,17-18H,2,13-14H2,1H3. The van der Waals surface area contributed by atoms with Crippen LogP contribution >= 0.6 is 0 Å². The summed E-state index contributed by atoms with van der Waals surface area (Å²) in [6.07, 6.45) is 2.21. The molecule has 1 nitrogen and oxygen atoms in total. The summed E-state index contributed by atoms with van der Waals surface area (Å²) < 4.78 is 0. The summed E-state index contributed by atoms with van der Waals surface area (Å²) in [5, 5.41) is 3.63. The molecule has 0 radical (unpaired) electrons. The first-order valence-electron chi connectivity index (χ1n) is 6.72. The van der Waals surface area contributed by atoms with Gasteiger partial charge in [0.2, 0.25) is 0 Å². The van der Waals surface area contributed by atoms with Gasteiger partial charge in [-0.1, -0.05) is 67.6 Å². The second-order valence-electron chi connectivity index (χ2n) is 4.61. The van der Waals surface area contributed by atoms with Crippen LogP contribution in [0.4, 0.5) is 0 Å². The first-order chi connectivity index (χ1) is 8.90. The number of benzene rings is 2. The van der Waals surface area contributed by atoms with E-state index in [1.165, 1.54) is 11.1 Å². The zero-order valence-electron chi connectivity index (χ0n) is 11.0. The van der Waals surface area contributed by atoms with Crippen molar-refractivity contribution < 1.29 is 0 Å². The van der Waals surface area contributed by atoms with Gasteiger partial charge < -0.3 is 5.32 Å². The maximum Gasteiger partial charge on any atom is 0.0360 e. The maximum absolute atomic E-state index is 3.63. The molecular formula is C17H21N. The highest BCUT2D eigenvalue weighted by atomic mass is 14.9. The van der Waals surface area contributed by atoms with Gasteiger partial charge >= 0.3 is 0 Å². The van der Waals surface area contributed by atoms with Gasteiger partial charge in [-0.2, -0.15) is 0 Å². The summed E-state index contributed by atoms with van der Waals surface area (Å²) in [6.45, 7) is 3.27. The van der Waals surface area contributed by atoms with E-state index in [1.807, 2.05) is 0 Å². The van der Waals surface area contributed by atoms with Crippen LogP contribution in [0.15, 0.2) is 60.7 Å². The van der Waals surface area contributed by atoms with E-state index < -0.39 is 0 Å². The van der Waals surface area contributed by atoms with Crippen molar-refractivity contribution in [3.8, 4) is 0 Å². The summed E-state index contributed by atoms with van der Waals surface area (Å²) in [5.41, 5.74) is 2.75. The van der Waals surface area contributed by atoms with Crippen LogP contribution in [0.2, 0.25) is 0 Å². The van der Waals surface area contributed by atoms with Gasteiger partial charge in [0, 0.05) is 6.04 Å². The van der Waals surface area contributed by atoms with Gasteiger partial charge in [0.15, 0.2) is 0 Å². The zero-order chi connectivity index (χ0) is 12.6. The lowest BCUT2D eigenvalue weighted by Crippen LogP contribution is -2.24. The van der Waals surface area contributed by atoms with Crippen LogP contribution in [-0.2, 0) is 6.42 Å². The first kappa shape index (κ1) is 12.8. The maximum atomic E-state index is 3.63. The topological polar surface area (TPSA) is 12.0 Å². The third kappa shape index (κ3) is 3.71. The lowest BCUT2D eigenvalue weighted by molar-refractivity contribution is 0.529. The van der Waals surface area contributed by atoms with Crippen molar-refractivity contribution in [2.24, 2.45) is 0 Å². The number of hydrogen-bond donors (Lipinski definition) is 1. The molecule has 2 rings (SSSR count). The van der Waals surface area contributed by atoms with Crippen LogP contribution in [0.25, 0.3) is 0 Å². The average molecular weight is 239 g/mol. The van der Waals surface area contributed by atoms with Gasteiger partial charge in [0.1, 0.15) is 0 Å². The summed E-state index contributed by atoms with van der Waals surface area (Å²) in [5.74, 6) is 0. The Hall–Kier alpha value is -1.60. The van der Waals surface area contributed by atoms with Crippen LogP contribution < -0.4 is 5.32 Å². The summed E-state index contributed by atoms with van der Waals surface area (Å²) in [7, 11) is 0. The SMILES string of the molecule is CCCNC(Cc1ccccc1)c1ccccc1. The molecule has 94 valence electrons. The molecule has 0 fully saturated rings. The number of rotatable bonds is 6. The lowest BCUT2D eigenvalue weighted by atomic mass is 9.99. The molecule has 1 unspecified atom stereocenters. The van der Waals surface area contributed by atoms with Gasteiger partial charge in [0.25, 0.3) is 0 Å². The predicted octanol–water partition coefficient (Wildman–Crippen LogP) is 3.97. The smallest absolute Gasteiger partial charge is 0.0360 e. The summed E-state index contributed by atoms with van der Waals surface area (Å²) in [6, 6.07) is 21.8. The molecule has 0 bridgehead atoms. The minimum atomic E-state index is 0.411. The van der Waals surface area contributed by atoms with Gasteiger partial charge in [-0.05, 0) is 30.5 Å². The summed E-state index contributed by atoms with van der Waals surface area (Å²) >= 11 is 0. The van der Waals surface area contributed by atoms with E-state index in [4.69, 9.17) is 0 Å². The molecule has 18 heavy (non-hydrogen) atoms. The van der Waals surface area contributed by atoms with Gasteiger partial charge in [-0.25, -0.2) is 0 Å². The van der Waals surface area contributed by atoms with E-state index >= 15 is 0 Å². The van der Waals surface area contributed by atoms with Crippen LogP contribution in [-0.4, -0.2) is 6.54 Å². The molecular weight excluding hydrogens is 218 g/mol. The van der Waals surface area contributed by atoms with E-state index in [9.17, 15) is 0 Å². The Labute approximate surface area is 110 Å². The number of hydrogen-bond acceptors (Lipinski definition) is 1. The molecule has 0 heterocycles. The normalized spacial score (nSPS) is 12.3. The highest BCUT2D eigenvalue weighted by Gasteiger charge is 2.10. The Balaban J connectivity index is 2.10. The highest BCUT2D eigenvalue weighted by Crippen LogP contribution is 2.18. The van der Waals surface area contributed by atoms with Crippen molar-refractivity contribution >= 4 is 0 Å². The predicted molar refractivity (Wildman–Crippen MR) is 77.6 cm³/mol. The van der Waals surface area contributed by atoms with Crippen LogP contribution in [0.1, 0.15) is 30.5 Å². The Morgan fingerprint density at radius 2 is 1.50 bits per heavy atom. The van der Waals surface area contributed by atoms with Gasteiger partial charge in [-0.3, -0.25) is 0 Å². The molecule has 1 N–H and O–H groups in total. The van der Waals surface area contributed by atoms with E-state index in [-0.39, 0.29) is 0 Å². The van der Waals surface area contributed by atoms with Crippen molar-refractivity contribution in [1.29, 1.82) is 0 Å². The molecule has 0 amide bonds. The average Bonchev–Trinajstić information content (AvgIpc) is 2.45. The first-order valence-corrected chi connectivity index (χ1v) is 6.72. The fraction of sp³-hybridized carbons (Fsp3) is 0.294. The second kappa shape index (κ2) is 6.97. The van der Waals surface area contributed by atoms with E-state index in [2.05, 4.69) is 72.9 Å². The third-order valence-corrected chi connectivity index (χ3v) is 3.13. The van der Waals surface area contributed by atoms with E-state index in [1.54, 1.807) is 0 Å². The molecule has 0 spiro atoms. The van der Waals surface area contributed by atoms with Crippen LogP contribution in [0, 0.1) is 0 Å². The van der Waals surface area contributed by atoms with Crippen molar-refractivity contribution in [2.45, 2.75) is 25.8 Å². The molecule has 0 aliphatic rings. The monoisotopic (exact) mass is 239 g/mol. The number of nitrogens with one attached hydrogen (secondary N) is 1. The molecule has 1 atom stereocenters. The minimum absolute atomic E-state index is 0.411. The van der Waals surface area contributed by atoms with Crippen molar-refractivity contribution in [2.75, 3.05) is 6.54 Å². The Morgan fingerprint density at radius 3 is 2.11 bits per heavy atom. The largest absolute Gasteiger partial charge is 0.310 e. The Kier molecular flexibility index (Phi) is 4.98. The Morgan fingerprint density at radius 1 is 0.889 bits per heavy atom. The lowest BCUT2D eigenvalue weighted by Gasteiger charge is -2.19. The van der Waals surface area contributed by atoms with Crippen molar-refractivity contribution in [3.63, 3.8) is 0 Å². The van der Waals surface area contributed by atoms with E-state index in [0.29, 0.717) is 6.04 Å². The quantitative estimate of drug-likeness (QED) is 0.804. The molecule has 0 saturated carbocycles. The van der Waals surface area contributed by atoms with Crippen LogP contribution in [0.3, 0.4) is 0 Å². The molecule has 0 saturated heterocycles. The molecule has 0 aliphatic heterocycles. The molecule has 0 aliphatic carbocycles. The molecule has 2 aromatic carbocycles. The molecule has 0 aromatic heterocycles. The Bertz CT molecular complexity index is 436. The van der Waals surface area contributed by atoms with Gasteiger partial charge in [0.05, 0.1) is 0 Å². The van der Waals surface area contributed by atoms with Crippen molar-refractivity contribution in [3.05, 3.63) is 71.8 Å². The fourth-order valence-electron chi connectivity index (χ4n) is 2.16. The summed E-state index contributed by atoms with van der Waals surface area (Å²) in [4.78, 5) is 0. The third-order valence-electron chi connectivity index (χ3n) is 3.13. The van der Waals surface area contributed by atoms with Gasteiger partial charge in [-0.15, -0.1) is 0 Å². The fourth-order valence-corrected chi connectivity index (χ4v) is 2.16. The molecule has 1 heteroatoms. The van der Waals surface area contributed by atoms with Crippen molar-refractivity contribution in [1.82, 2.24) is 5.32 Å². The van der Waals surface area contributed by atoms with E-state index in [0.717, 1.165) is 19.4 Å². The minimum Gasteiger partial charge on any atom is -0.310 e. The van der Waals surface area contributed by atoms with Crippen LogP contribution in [0.5, 0.6) is 0 Å².